The molecule has 0 heterocycles. The Morgan fingerprint density at radius 1 is 1.44 bits per heavy atom. The third-order valence-corrected chi connectivity index (χ3v) is 2.88. The Balaban J connectivity index is 2.26. The molecule has 1 rings (SSSR count). The molecule has 0 aromatic heterocycles. The van der Waals surface area contributed by atoms with Crippen molar-refractivity contribution < 1.29 is 4.79 Å². The molecular formula is C13H18BrNO. The zero-order chi connectivity index (χ0) is 11.8. The molecule has 1 N–H and O–H groups in total. The molecular weight excluding hydrogens is 266 g/mol. The Kier molecular flexibility index (Phi) is 6.16. The lowest BCUT2D eigenvalue weighted by Crippen LogP contribution is -2.24. The fourth-order valence-electron chi connectivity index (χ4n) is 1.44. The predicted octanol–water partition coefficient (Wildman–Crippen LogP) is 3.30. The van der Waals surface area contributed by atoms with Crippen LogP contribution in [0.2, 0.25) is 0 Å². The van der Waals surface area contributed by atoms with E-state index in [4.69, 9.17) is 0 Å². The van der Waals surface area contributed by atoms with E-state index in [1.54, 1.807) is 0 Å². The van der Waals surface area contributed by atoms with Crippen molar-refractivity contribution in [2.75, 3.05) is 6.54 Å². The van der Waals surface area contributed by atoms with Gasteiger partial charge in [-0.15, -0.1) is 0 Å². The normalized spacial score (nSPS) is 10.1. The number of benzene rings is 1. The van der Waals surface area contributed by atoms with Crippen LogP contribution in [-0.2, 0) is 11.2 Å². The van der Waals surface area contributed by atoms with Crippen LogP contribution in [0.3, 0.4) is 0 Å². The van der Waals surface area contributed by atoms with Crippen LogP contribution in [0.15, 0.2) is 28.7 Å². The summed E-state index contributed by atoms with van der Waals surface area (Å²) in [5, 5.41) is 2.92. The number of hydrogen-bond acceptors (Lipinski definition) is 1. The van der Waals surface area contributed by atoms with Crippen LogP contribution in [0.5, 0.6) is 0 Å². The van der Waals surface area contributed by atoms with E-state index in [1.165, 1.54) is 5.56 Å². The van der Waals surface area contributed by atoms with Crippen LogP contribution in [0.1, 0.15) is 31.7 Å². The topological polar surface area (TPSA) is 29.1 Å². The molecule has 88 valence electrons. The maximum Gasteiger partial charge on any atom is 0.220 e. The summed E-state index contributed by atoms with van der Waals surface area (Å²) in [5.74, 6) is 0.147. The molecule has 3 heteroatoms. The number of halogens is 1. The minimum atomic E-state index is 0.147. The summed E-state index contributed by atoms with van der Waals surface area (Å²) in [7, 11) is 0. The van der Waals surface area contributed by atoms with Gasteiger partial charge >= 0.3 is 0 Å². The van der Waals surface area contributed by atoms with E-state index in [0.29, 0.717) is 6.42 Å². The molecule has 0 aliphatic carbocycles. The highest BCUT2D eigenvalue weighted by Gasteiger charge is 2.01. The highest BCUT2D eigenvalue weighted by Crippen LogP contribution is 2.12. The summed E-state index contributed by atoms with van der Waals surface area (Å²) in [6.07, 6.45) is 3.55. The van der Waals surface area contributed by atoms with Crippen LogP contribution in [0, 0.1) is 0 Å². The number of rotatable bonds is 6. The standard InChI is InChI=1S/C13H18BrNO/c1-2-3-9-15-13(16)8-7-11-5-4-6-12(14)10-11/h4-6,10H,2-3,7-9H2,1H3,(H,15,16). The van der Waals surface area contributed by atoms with Crippen molar-refractivity contribution in [2.24, 2.45) is 0 Å². The zero-order valence-electron chi connectivity index (χ0n) is 9.63. The number of carbonyl (C=O) groups is 1. The smallest absolute Gasteiger partial charge is 0.220 e. The van der Waals surface area contributed by atoms with Crippen molar-refractivity contribution in [3.05, 3.63) is 34.3 Å². The molecule has 0 atom stereocenters. The molecule has 0 aliphatic heterocycles. The minimum absolute atomic E-state index is 0.147. The number of hydrogen-bond donors (Lipinski definition) is 1. The molecule has 0 spiro atoms. The molecule has 16 heavy (non-hydrogen) atoms. The highest BCUT2D eigenvalue weighted by atomic mass is 79.9. The van der Waals surface area contributed by atoms with Gasteiger partial charge in [-0.2, -0.15) is 0 Å². The van der Waals surface area contributed by atoms with E-state index < -0.39 is 0 Å². The molecule has 1 amide bonds. The van der Waals surface area contributed by atoms with Gasteiger partial charge in [-0.25, -0.2) is 0 Å². The van der Waals surface area contributed by atoms with Crippen LogP contribution >= 0.6 is 15.9 Å². The Labute approximate surface area is 106 Å². The number of aryl methyl sites for hydroxylation is 1. The molecule has 0 saturated heterocycles. The largest absolute Gasteiger partial charge is 0.356 e. The Bertz CT molecular complexity index is 338. The average molecular weight is 284 g/mol. The van der Waals surface area contributed by atoms with Crippen molar-refractivity contribution in [1.82, 2.24) is 5.32 Å². The Morgan fingerprint density at radius 3 is 2.94 bits per heavy atom. The molecule has 0 unspecified atom stereocenters. The Hall–Kier alpha value is -0.830. The van der Waals surface area contributed by atoms with E-state index in [1.807, 2.05) is 18.2 Å². The zero-order valence-corrected chi connectivity index (χ0v) is 11.2. The second-order valence-corrected chi connectivity index (χ2v) is 4.75. The second-order valence-electron chi connectivity index (χ2n) is 3.83. The highest BCUT2D eigenvalue weighted by molar-refractivity contribution is 9.10. The molecule has 0 radical (unpaired) electrons. The number of carbonyl (C=O) groups excluding carboxylic acids is 1. The SMILES string of the molecule is CCCCNC(=O)CCc1cccc(Br)c1. The first-order valence-electron chi connectivity index (χ1n) is 5.73. The van der Waals surface area contributed by atoms with E-state index in [-0.39, 0.29) is 5.91 Å². The van der Waals surface area contributed by atoms with E-state index >= 15 is 0 Å². The maximum atomic E-state index is 11.5. The van der Waals surface area contributed by atoms with E-state index in [2.05, 4.69) is 34.2 Å². The minimum Gasteiger partial charge on any atom is -0.356 e. The lowest BCUT2D eigenvalue weighted by atomic mass is 10.1. The summed E-state index contributed by atoms with van der Waals surface area (Å²) in [6, 6.07) is 8.09. The van der Waals surface area contributed by atoms with Gasteiger partial charge in [0.25, 0.3) is 0 Å². The molecule has 2 nitrogen and oxygen atoms in total. The van der Waals surface area contributed by atoms with Crippen LogP contribution in [0.25, 0.3) is 0 Å². The van der Waals surface area contributed by atoms with Crippen molar-refractivity contribution in [1.29, 1.82) is 0 Å². The number of unbranched alkanes of at least 4 members (excludes halogenated alkanes) is 1. The van der Waals surface area contributed by atoms with Gasteiger partial charge in [-0.05, 0) is 30.5 Å². The Morgan fingerprint density at radius 2 is 2.25 bits per heavy atom. The number of amides is 1. The maximum absolute atomic E-state index is 11.5. The van der Waals surface area contributed by atoms with Crippen molar-refractivity contribution in [3.63, 3.8) is 0 Å². The summed E-state index contributed by atoms with van der Waals surface area (Å²) >= 11 is 3.42. The molecule has 1 aromatic rings. The van der Waals surface area contributed by atoms with Crippen LogP contribution in [-0.4, -0.2) is 12.5 Å². The first-order valence-corrected chi connectivity index (χ1v) is 6.53. The second kappa shape index (κ2) is 7.44. The third kappa shape index (κ3) is 5.31. The van der Waals surface area contributed by atoms with Crippen LogP contribution in [0.4, 0.5) is 0 Å². The van der Waals surface area contributed by atoms with Crippen molar-refractivity contribution in [3.8, 4) is 0 Å². The molecule has 0 aliphatic rings. The first-order chi connectivity index (χ1) is 7.72. The first kappa shape index (κ1) is 13.2. The van der Waals surface area contributed by atoms with Gasteiger partial charge < -0.3 is 5.32 Å². The summed E-state index contributed by atoms with van der Waals surface area (Å²) in [5.41, 5.74) is 1.19. The molecule has 0 fully saturated rings. The summed E-state index contributed by atoms with van der Waals surface area (Å²) in [6.45, 7) is 2.92. The number of nitrogens with one attached hydrogen (secondary N) is 1. The quantitative estimate of drug-likeness (QED) is 0.798. The molecule has 1 aromatic carbocycles. The lowest BCUT2D eigenvalue weighted by Gasteiger charge is -2.04. The molecule has 0 bridgehead atoms. The average Bonchev–Trinajstić information content (AvgIpc) is 2.27. The predicted molar refractivity (Wildman–Crippen MR) is 70.4 cm³/mol. The van der Waals surface area contributed by atoms with Gasteiger partial charge in [0.2, 0.25) is 5.91 Å². The van der Waals surface area contributed by atoms with Gasteiger partial charge in [0.05, 0.1) is 0 Å². The van der Waals surface area contributed by atoms with Crippen molar-refractivity contribution >= 4 is 21.8 Å². The van der Waals surface area contributed by atoms with Crippen LogP contribution < -0.4 is 5.32 Å². The third-order valence-electron chi connectivity index (χ3n) is 2.38. The van der Waals surface area contributed by atoms with Gasteiger partial charge in [-0.1, -0.05) is 41.4 Å². The lowest BCUT2D eigenvalue weighted by molar-refractivity contribution is -0.121. The fraction of sp³-hybridized carbons (Fsp3) is 0.462. The van der Waals surface area contributed by atoms with Gasteiger partial charge in [0.15, 0.2) is 0 Å². The summed E-state index contributed by atoms with van der Waals surface area (Å²) < 4.78 is 1.07. The van der Waals surface area contributed by atoms with E-state index in [0.717, 1.165) is 30.3 Å². The van der Waals surface area contributed by atoms with Gasteiger partial charge in [-0.3, -0.25) is 4.79 Å². The molecule has 0 saturated carbocycles. The summed E-state index contributed by atoms with van der Waals surface area (Å²) in [4.78, 5) is 11.5. The van der Waals surface area contributed by atoms with Crippen molar-refractivity contribution in [2.45, 2.75) is 32.6 Å². The fourth-order valence-corrected chi connectivity index (χ4v) is 1.89. The van der Waals surface area contributed by atoms with Gasteiger partial charge in [0, 0.05) is 17.4 Å². The van der Waals surface area contributed by atoms with Gasteiger partial charge in [0.1, 0.15) is 0 Å². The van der Waals surface area contributed by atoms with E-state index in [9.17, 15) is 4.79 Å². The monoisotopic (exact) mass is 283 g/mol.